The maximum absolute atomic E-state index is 5.34. The van der Waals surface area contributed by atoms with Crippen molar-refractivity contribution in [2.24, 2.45) is 0 Å². The Morgan fingerprint density at radius 1 is 1.19 bits per heavy atom. The lowest BCUT2D eigenvalue weighted by atomic mass is 10.1. The summed E-state index contributed by atoms with van der Waals surface area (Å²) in [5.41, 5.74) is 3.21. The molecule has 0 aliphatic carbocycles. The van der Waals surface area contributed by atoms with Gasteiger partial charge in [0.15, 0.2) is 0 Å². The van der Waals surface area contributed by atoms with E-state index in [0.29, 0.717) is 0 Å². The smallest absolute Gasteiger partial charge is 0.128 e. The fourth-order valence-electron chi connectivity index (χ4n) is 1.64. The zero-order valence-corrected chi connectivity index (χ0v) is 10.1. The maximum Gasteiger partial charge on any atom is 0.128 e. The first-order chi connectivity index (χ1) is 7.70. The minimum Gasteiger partial charge on any atom is -0.496 e. The molecule has 2 aromatic rings. The van der Waals surface area contributed by atoms with Crippen LogP contribution in [-0.4, -0.2) is 12.1 Å². The average molecular weight is 231 g/mol. The van der Waals surface area contributed by atoms with E-state index in [1.54, 1.807) is 7.11 Å². The van der Waals surface area contributed by atoms with E-state index >= 15 is 0 Å². The molecule has 0 aliphatic rings. The molecule has 1 aromatic heterocycles. The van der Waals surface area contributed by atoms with Crippen molar-refractivity contribution in [3.8, 4) is 17.0 Å². The first-order valence-electron chi connectivity index (χ1n) is 5.05. The molecule has 1 heterocycles. The zero-order chi connectivity index (χ0) is 11.5. The van der Waals surface area contributed by atoms with E-state index in [9.17, 15) is 0 Å². The van der Waals surface area contributed by atoms with Gasteiger partial charge in [0.25, 0.3) is 0 Å². The zero-order valence-electron chi connectivity index (χ0n) is 9.28. The fourth-order valence-corrected chi connectivity index (χ4v) is 1.83. The molecular weight excluding hydrogens is 218 g/mol. The van der Waals surface area contributed by atoms with E-state index in [1.807, 2.05) is 30.3 Å². The molecule has 0 fully saturated rings. The molecule has 0 saturated heterocycles. The minimum atomic E-state index is 0.723. The van der Waals surface area contributed by atoms with Crippen molar-refractivity contribution < 1.29 is 4.74 Å². The highest BCUT2D eigenvalue weighted by Crippen LogP contribution is 2.29. The SMILES string of the molecule is COc1ccc(C)cc1-c1cccc(=S)[nH]1. The second-order valence-corrected chi connectivity index (χ2v) is 4.07. The van der Waals surface area contributed by atoms with E-state index < -0.39 is 0 Å². The van der Waals surface area contributed by atoms with Crippen LogP contribution in [0.4, 0.5) is 0 Å². The van der Waals surface area contributed by atoms with Crippen LogP contribution in [0.25, 0.3) is 11.3 Å². The Balaban J connectivity index is 2.62. The van der Waals surface area contributed by atoms with Crippen LogP contribution in [0.1, 0.15) is 5.56 Å². The monoisotopic (exact) mass is 231 g/mol. The summed E-state index contributed by atoms with van der Waals surface area (Å²) in [5.74, 6) is 0.849. The number of rotatable bonds is 2. The van der Waals surface area contributed by atoms with Crippen LogP contribution in [0.5, 0.6) is 5.75 Å². The lowest BCUT2D eigenvalue weighted by Gasteiger charge is -2.09. The van der Waals surface area contributed by atoms with E-state index in [4.69, 9.17) is 17.0 Å². The van der Waals surface area contributed by atoms with Gasteiger partial charge in [0, 0.05) is 5.56 Å². The molecule has 0 bridgehead atoms. The van der Waals surface area contributed by atoms with E-state index in [0.717, 1.165) is 21.6 Å². The highest BCUT2D eigenvalue weighted by molar-refractivity contribution is 7.71. The van der Waals surface area contributed by atoms with Crippen molar-refractivity contribution in [2.45, 2.75) is 6.92 Å². The maximum atomic E-state index is 5.34. The first kappa shape index (κ1) is 10.9. The van der Waals surface area contributed by atoms with E-state index in [-0.39, 0.29) is 0 Å². The van der Waals surface area contributed by atoms with Gasteiger partial charge in [-0.05, 0) is 31.2 Å². The standard InChI is InChI=1S/C13H13NOS/c1-9-6-7-12(15-2)10(8-9)11-4-3-5-13(16)14-11/h3-8H,1-2H3,(H,14,16). The number of methoxy groups -OCH3 is 1. The molecule has 1 aromatic carbocycles. The molecule has 0 spiro atoms. The van der Waals surface area contributed by atoms with Crippen LogP contribution in [0.15, 0.2) is 36.4 Å². The third-order valence-electron chi connectivity index (χ3n) is 2.41. The van der Waals surface area contributed by atoms with Crippen molar-refractivity contribution in [3.63, 3.8) is 0 Å². The third kappa shape index (κ3) is 2.14. The Hall–Kier alpha value is -1.61. The van der Waals surface area contributed by atoms with Gasteiger partial charge in [0.1, 0.15) is 10.4 Å². The van der Waals surface area contributed by atoms with Crippen LogP contribution in [-0.2, 0) is 0 Å². The number of aromatic nitrogens is 1. The van der Waals surface area contributed by atoms with Crippen molar-refractivity contribution >= 4 is 12.2 Å². The number of benzene rings is 1. The molecule has 16 heavy (non-hydrogen) atoms. The summed E-state index contributed by atoms with van der Waals surface area (Å²) in [6, 6.07) is 11.9. The lowest BCUT2D eigenvalue weighted by Crippen LogP contribution is -1.90. The van der Waals surface area contributed by atoms with Crippen molar-refractivity contribution in [3.05, 3.63) is 46.6 Å². The molecule has 82 valence electrons. The quantitative estimate of drug-likeness (QED) is 0.797. The molecule has 0 aliphatic heterocycles. The Morgan fingerprint density at radius 3 is 2.69 bits per heavy atom. The van der Waals surface area contributed by atoms with Crippen molar-refractivity contribution in [1.29, 1.82) is 0 Å². The van der Waals surface area contributed by atoms with Gasteiger partial charge in [-0.25, -0.2) is 0 Å². The van der Waals surface area contributed by atoms with Gasteiger partial charge in [0.05, 0.1) is 12.8 Å². The molecule has 0 atom stereocenters. The first-order valence-corrected chi connectivity index (χ1v) is 5.46. The minimum absolute atomic E-state index is 0.723. The summed E-state index contributed by atoms with van der Waals surface area (Å²) in [5, 5.41) is 0. The average Bonchev–Trinajstić information content (AvgIpc) is 2.29. The summed E-state index contributed by atoms with van der Waals surface area (Å²) < 4.78 is 6.06. The molecule has 3 heteroatoms. The summed E-state index contributed by atoms with van der Waals surface area (Å²) in [6.45, 7) is 2.06. The molecule has 0 unspecified atom stereocenters. The van der Waals surface area contributed by atoms with Gasteiger partial charge in [-0.3, -0.25) is 0 Å². The number of aryl methyl sites for hydroxylation is 1. The molecule has 1 N–H and O–H groups in total. The van der Waals surface area contributed by atoms with Crippen LogP contribution < -0.4 is 4.74 Å². The van der Waals surface area contributed by atoms with Crippen LogP contribution >= 0.6 is 12.2 Å². The van der Waals surface area contributed by atoms with Gasteiger partial charge in [0.2, 0.25) is 0 Å². The van der Waals surface area contributed by atoms with Crippen LogP contribution in [0, 0.1) is 11.6 Å². The van der Waals surface area contributed by atoms with Gasteiger partial charge in [-0.1, -0.05) is 29.9 Å². The molecule has 0 amide bonds. The number of H-pyrrole nitrogens is 1. The molecule has 0 radical (unpaired) electrons. The Morgan fingerprint density at radius 2 is 2.00 bits per heavy atom. The summed E-state index contributed by atoms with van der Waals surface area (Å²) in [6.07, 6.45) is 0. The number of aromatic amines is 1. The number of pyridine rings is 1. The number of hydrogen-bond acceptors (Lipinski definition) is 2. The van der Waals surface area contributed by atoms with Gasteiger partial charge >= 0.3 is 0 Å². The Labute approximate surface area is 99.9 Å². The molecule has 0 saturated carbocycles. The summed E-state index contributed by atoms with van der Waals surface area (Å²) >= 11 is 5.12. The highest BCUT2D eigenvalue weighted by atomic mass is 32.1. The lowest BCUT2D eigenvalue weighted by molar-refractivity contribution is 0.416. The second-order valence-electron chi connectivity index (χ2n) is 3.63. The molecule has 2 nitrogen and oxygen atoms in total. The second kappa shape index (κ2) is 4.49. The fraction of sp³-hybridized carbons (Fsp3) is 0.154. The highest BCUT2D eigenvalue weighted by Gasteiger charge is 2.05. The van der Waals surface area contributed by atoms with Crippen molar-refractivity contribution in [2.75, 3.05) is 7.11 Å². The topological polar surface area (TPSA) is 25.0 Å². The number of ether oxygens (including phenoxy) is 1. The predicted octanol–water partition coefficient (Wildman–Crippen LogP) is 3.73. The van der Waals surface area contributed by atoms with Crippen molar-refractivity contribution in [1.82, 2.24) is 4.98 Å². The van der Waals surface area contributed by atoms with E-state index in [1.165, 1.54) is 5.56 Å². The third-order valence-corrected chi connectivity index (χ3v) is 2.65. The van der Waals surface area contributed by atoms with Crippen LogP contribution in [0.3, 0.4) is 0 Å². The van der Waals surface area contributed by atoms with Gasteiger partial charge in [-0.2, -0.15) is 0 Å². The van der Waals surface area contributed by atoms with Crippen LogP contribution in [0.2, 0.25) is 0 Å². The Kier molecular flexibility index (Phi) is 3.06. The summed E-state index contributed by atoms with van der Waals surface area (Å²) in [7, 11) is 1.67. The number of hydrogen-bond donors (Lipinski definition) is 1. The molecular formula is C13H13NOS. The van der Waals surface area contributed by atoms with Gasteiger partial charge in [-0.15, -0.1) is 0 Å². The van der Waals surface area contributed by atoms with E-state index in [2.05, 4.69) is 18.0 Å². The largest absolute Gasteiger partial charge is 0.496 e. The molecule has 2 rings (SSSR count). The summed E-state index contributed by atoms with van der Waals surface area (Å²) in [4.78, 5) is 3.16. The predicted molar refractivity (Wildman–Crippen MR) is 68.4 cm³/mol. The Bertz CT molecular complexity index is 560. The van der Waals surface area contributed by atoms with Gasteiger partial charge < -0.3 is 9.72 Å². The normalized spacial score (nSPS) is 10.1. The number of nitrogens with one attached hydrogen (secondary N) is 1.